The van der Waals surface area contributed by atoms with Crippen LogP contribution in [0.3, 0.4) is 0 Å². The summed E-state index contributed by atoms with van der Waals surface area (Å²) in [5.74, 6) is 0.767. The van der Waals surface area contributed by atoms with Crippen LogP contribution in [-0.2, 0) is 9.59 Å². The van der Waals surface area contributed by atoms with Gasteiger partial charge in [0.2, 0.25) is 11.8 Å². The van der Waals surface area contributed by atoms with Crippen LogP contribution >= 0.6 is 0 Å². The van der Waals surface area contributed by atoms with E-state index in [0.717, 1.165) is 11.3 Å². The second-order valence-corrected chi connectivity index (χ2v) is 6.36. The van der Waals surface area contributed by atoms with Crippen LogP contribution in [-0.4, -0.2) is 53.4 Å². The van der Waals surface area contributed by atoms with Crippen LogP contribution in [0.15, 0.2) is 36.9 Å². The topological polar surface area (TPSA) is 49.9 Å². The Hall–Kier alpha value is -2.30. The zero-order valence-corrected chi connectivity index (χ0v) is 14.7. The third-order valence-electron chi connectivity index (χ3n) is 4.27. The summed E-state index contributed by atoms with van der Waals surface area (Å²) < 4.78 is 5.65. The number of hydrogen-bond acceptors (Lipinski definition) is 3. The smallest absolute Gasteiger partial charge is 0.246 e. The highest BCUT2D eigenvalue weighted by molar-refractivity contribution is 5.88. The van der Waals surface area contributed by atoms with Gasteiger partial charge in [0.05, 0.1) is 13.0 Å². The van der Waals surface area contributed by atoms with E-state index >= 15 is 0 Å². The monoisotopic (exact) mass is 330 g/mol. The quantitative estimate of drug-likeness (QED) is 0.779. The fraction of sp³-hybridized carbons (Fsp3) is 0.474. The van der Waals surface area contributed by atoms with Gasteiger partial charge in [-0.05, 0) is 44.5 Å². The first-order valence-electron chi connectivity index (χ1n) is 8.34. The van der Waals surface area contributed by atoms with Gasteiger partial charge in [0.1, 0.15) is 5.75 Å². The number of rotatable bonds is 5. The molecule has 1 aliphatic rings. The van der Waals surface area contributed by atoms with Crippen molar-refractivity contribution in [1.82, 2.24) is 9.80 Å². The maximum atomic E-state index is 12.4. The van der Waals surface area contributed by atoms with Gasteiger partial charge < -0.3 is 14.5 Å². The molecule has 0 aromatic heterocycles. The Balaban J connectivity index is 1.85. The van der Waals surface area contributed by atoms with Crippen molar-refractivity contribution in [2.45, 2.75) is 39.3 Å². The summed E-state index contributed by atoms with van der Waals surface area (Å²) in [6.07, 6.45) is 1.67. The van der Waals surface area contributed by atoms with E-state index in [-0.39, 0.29) is 23.9 Å². The number of carbonyl (C=O) groups is 2. The SMILES string of the molecule is C=CC(=O)N1[C@H](C)CN(C(=O)CCOc2cccc(C)c2)C[C@@H]1C. The van der Waals surface area contributed by atoms with Crippen molar-refractivity contribution in [3.8, 4) is 5.75 Å². The van der Waals surface area contributed by atoms with Crippen molar-refractivity contribution in [3.63, 3.8) is 0 Å². The van der Waals surface area contributed by atoms with E-state index in [1.807, 2.05) is 49.9 Å². The van der Waals surface area contributed by atoms with Crippen LogP contribution < -0.4 is 4.74 Å². The first-order chi connectivity index (χ1) is 11.4. The standard InChI is InChI=1S/C19H26N2O3/c1-5-18(22)21-15(3)12-20(13-16(21)4)19(23)9-10-24-17-8-6-7-14(2)11-17/h5-8,11,15-16H,1,9-10,12-13H2,2-4H3/t15-,16+. The van der Waals surface area contributed by atoms with Crippen LogP contribution in [0, 0.1) is 6.92 Å². The zero-order valence-electron chi connectivity index (χ0n) is 14.7. The number of ether oxygens (including phenoxy) is 1. The molecule has 0 aliphatic carbocycles. The molecule has 130 valence electrons. The highest BCUT2D eigenvalue weighted by atomic mass is 16.5. The lowest BCUT2D eigenvalue weighted by molar-refractivity contribution is -0.143. The maximum Gasteiger partial charge on any atom is 0.246 e. The summed E-state index contributed by atoms with van der Waals surface area (Å²) in [4.78, 5) is 27.9. The fourth-order valence-corrected chi connectivity index (χ4v) is 3.19. The van der Waals surface area contributed by atoms with Gasteiger partial charge in [0.15, 0.2) is 0 Å². The Morgan fingerprint density at radius 2 is 1.96 bits per heavy atom. The average Bonchev–Trinajstić information content (AvgIpc) is 2.53. The van der Waals surface area contributed by atoms with Crippen LogP contribution in [0.5, 0.6) is 5.75 Å². The summed E-state index contributed by atoms with van der Waals surface area (Å²) in [6, 6.07) is 7.76. The average molecular weight is 330 g/mol. The number of carbonyl (C=O) groups excluding carboxylic acids is 2. The second-order valence-electron chi connectivity index (χ2n) is 6.36. The summed E-state index contributed by atoms with van der Waals surface area (Å²) >= 11 is 0. The second kappa shape index (κ2) is 7.99. The van der Waals surface area contributed by atoms with Gasteiger partial charge in [-0.2, -0.15) is 0 Å². The molecule has 1 aromatic carbocycles. The number of benzene rings is 1. The molecule has 1 aliphatic heterocycles. The van der Waals surface area contributed by atoms with Gasteiger partial charge in [-0.3, -0.25) is 9.59 Å². The molecule has 5 heteroatoms. The van der Waals surface area contributed by atoms with Crippen molar-refractivity contribution in [1.29, 1.82) is 0 Å². The third-order valence-corrected chi connectivity index (χ3v) is 4.27. The summed E-state index contributed by atoms with van der Waals surface area (Å²) in [5, 5.41) is 0. The van der Waals surface area contributed by atoms with E-state index in [2.05, 4.69) is 6.58 Å². The Morgan fingerprint density at radius 3 is 2.54 bits per heavy atom. The first-order valence-corrected chi connectivity index (χ1v) is 8.34. The van der Waals surface area contributed by atoms with Crippen LogP contribution in [0.1, 0.15) is 25.8 Å². The summed E-state index contributed by atoms with van der Waals surface area (Å²) in [5.41, 5.74) is 1.13. The Labute approximate surface area is 143 Å². The molecule has 0 unspecified atom stereocenters. The molecule has 2 rings (SSSR count). The molecule has 5 nitrogen and oxygen atoms in total. The summed E-state index contributed by atoms with van der Waals surface area (Å²) in [7, 11) is 0. The molecule has 1 aromatic rings. The lowest BCUT2D eigenvalue weighted by Crippen LogP contribution is -2.59. The van der Waals surface area contributed by atoms with E-state index in [1.54, 1.807) is 4.90 Å². The van der Waals surface area contributed by atoms with Gasteiger partial charge in [0.25, 0.3) is 0 Å². The summed E-state index contributed by atoms with van der Waals surface area (Å²) in [6.45, 7) is 10.9. The van der Waals surface area contributed by atoms with Crippen molar-refractivity contribution < 1.29 is 14.3 Å². The Morgan fingerprint density at radius 1 is 1.29 bits per heavy atom. The highest BCUT2D eigenvalue weighted by Gasteiger charge is 2.33. The molecule has 0 bridgehead atoms. The molecule has 1 saturated heterocycles. The molecule has 0 spiro atoms. The number of piperazine rings is 1. The van der Waals surface area contributed by atoms with Crippen molar-refractivity contribution in [2.75, 3.05) is 19.7 Å². The van der Waals surface area contributed by atoms with Gasteiger partial charge in [-0.1, -0.05) is 18.7 Å². The molecule has 1 fully saturated rings. The van der Waals surface area contributed by atoms with Gasteiger partial charge in [-0.15, -0.1) is 0 Å². The fourth-order valence-electron chi connectivity index (χ4n) is 3.19. The van der Waals surface area contributed by atoms with E-state index in [0.29, 0.717) is 26.1 Å². The largest absolute Gasteiger partial charge is 0.493 e. The van der Waals surface area contributed by atoms with Crippen molar-refractivity contribution in [2.24, 2.45) is 0 Å². The van der Waals surface area contributed by atoms with Crippen LogP contribution in [0.2, 0.25) is 0 Å². The Bertz CT molecular complexity index is 602. The lowest BCUT2D eigenvalue weighted by Gasteiger charge is -2.44. The predicted octanol–water partition coefficient (Wildman–Crippen LogP) is 2.40. The molecule has 0 saturated carbocycles. The van der Waals surface area contributed by atoms with Gasteiger partial charge in [-0.25, -0.2) is 0 Å². The van der Waals surface area contributed by atoms with E-state index < -0.39 is 0 Å². The normalized spacial score (nSPS) is 20.6. The number of amides is 2. The first kappa shape index (κ1) is 18.0. The minimum atomic E-state index is -0.0788. The van der Waals surface area contributed by atoms with Crippen LogP contribution in [0.4, 0.5) is 0 Å². The van der Waals surface area contributed by atoms with Crippen LogP contribution in [0.25, 0.3) is 0 Å². The minimum absolute atomic E-state index is 0.0131. The number of hydrogen-bond donors (Lipinski definition) is 0. The molecular formula is C19H26N2O3. The Kier molecular flexibility index (Phi) is 6.01. The van der Waals surface area contributed by atoms with E-state index in [1.165, 1.54) is 6.08 Å². The third kappa shape index (κ3) is 4.37. The van der Waals surface area contributed by atoms with Crippen molar-refractivity contribution in [3.05, 3.63) is 42.5 Å². The predicted molar refractivity (Wildman–Crippen MR) is 93.8 cm³/mol. The maximum absolute atomic E-state index is 12.4. The van der Waals surface area contributed by atoms with Gasteiger partial charge in [0, 0.05) is 25.2 Å². The molecular weight excluding hydrogens is 304 g/mol. The highest BCUT2D eigenvalue weighted by Crippen LogP contribution is 2.18. The number of aryl methyl sites for hydroxylation is 1. The van der Waals surface area contributed by atoms with E-state index in [9.17, 15) is 9.59 Å². The molecule has 0 N–H and O–H groups in total. The lowest BCUT2D eigenvalue weighted by atomic mass is 10.1. The van der Waals surface area contributed by atoms with Crippen molar-refractivity contribution >= 4 is 11.8 Å². The van der Waals surface area contributed by atoms with Gasteiger partial charge >= 0.3 is 0 Å². The minimum Gasteiger partial charge on any atom is -0.493 e. The zero-order chi connectivity index (χ0) is 17.7. The molecule has 2 amide bonds. The number of nitrogens with zero attached hydrogens (tertiary/aromatic N) is 2. The molecule has 24 heavy (non-hydrogen) atoms. The molecule has 2 atom stereocenters. The molecule has 0 radical (unpaired) electrons. The van der Waals surface area contributed by atoms with E-state index in [4.69, 9.17) is 4.74 Å². The molecule has 1 heterocycles.